The maximum atomic E-state index is 12.6. The van der Waals surface area contributed by atoms with Crippen molar-refractivity contribution in [3.05, 3.63) is 44.9 Å². The van der Waals surface area contributed by atoms with Gasteiger partial charge in [-0.15, -0.1) is 0 Å². The zero-order valence-corrected chi connectivity index (χ0v) is 14.4. The van der Waals surface area contributed by atoms with E-state index in [4.69, 9.17) is 0 Å². The Hall–Kier alpha value is -0.990. The van der Waals surface area contributed by atoms with Gasteiger partial charge in [-0.3, -0.25) is 0 Å². The average molecular weight is 422 g/mol. The maximum Gasteiger partial charge on any atom is 0.270 e. The van der Waals surface area contributed by atoms with E-state index in [0.717, 1.165) is 9.54 Å². The monoisotopic (exact) mass is 420 g/mol. The molecule has 1 aromatic heterocycles. The number of nitrogens with zero attached hydrogens (tertiary/aromatic N) is 2. The number of hydrogen-bond acceptors (Lipinski definition) is 4. The van der Waals surface area contributed by atoms with Crippen molar-refractivity contribution in [1.29, 1.82) is 0 Å². The Morgan fingerprint density at radius 1 is 1.25 bits per heavy atom. The Balaban J connectivity index is 2.66. The molecule has 0 aliphatic heterocycles. The van der Waals surface area contributed by atoms with Crippen LogP contribution < -0.4 is 0 Å². The predicted molar refractivity (Wildman–Crippen MR) is 81.2 cm³/mol. The zero-order valence-electron chi connectivity index (χ0n) is 10.4. The van der Waals surface area contributed by atoms with Crippen LogP contribution in [0, 0.1) is 6.92 Å². The summed E-state index contributed by atoms with van der Waals surface area (Å²) in [6, 6.07) is 6.48. The van der Waals surface area contributed by atoms with Gasteiger partial charge in [-0.25, -0.2) is 17.4 Å². The normalized spacial score (nSPS) is 11.6. The van der Waals surface area contributed by atoms with Gasteiger partial charge in [0.05, 0.1) is 10.6 Å². The maximum absolute atomic E-state index is 12.6. The third-order valence-electron chi connectivity index (χ3n) is 2.68. The summed E-state index contributed by atoms with van der Waals surface area (Å²) in [4.78, 5) is 14.9. The van der Waals surface area contributed by atoms with E-state index in [1.165, 1.54) is 12.1 Å². The molecule has 0 aliphatic rings. The highest BCUT2D eigenvalue weighted by molar-refractivity contribution is 9.11. The molecule has 2 rings (SSSR count). The number of aldehydes is 1. The van der Waals surface area contributed by atoms with Gasteiger partial charge in [0.1, 0.15) is 10.9 Å². The molecule has 20 heavy (non-hydrogen) atoms. The van der Waals surface area contributed by atoms with Crippen LogP contribution in [0.2, 0.25) is 0 Å². The molecule has 0 amide bonds. The Morgan fingerprint density at radius 2 is 1.85 bits per heavy atom. The molecule has 5 nitrogen and oxygen atoms in total. The Labute approximate surface area is 133 Å². The molecule has 0 radical (unpaired) electrons. The summed E-state index contributed by atoms with van der Waals surface area (Å²) in [6.07, 6.45) is 0.583. The number of aryl methyl sites for hydroxylation is 1. The van der Waals surface area contributed by atoms with E-state index in [0.29, 0.717) is 10.9 Å². The van der Waals surface area contributed by atoms with Gasteiger partial charge in [-0.05, 0) is 50.9 Å². The average Bonchev–Trinajstić information content (AvgIpc) is 2.66. The molecule has 1 aromatic carbocycles. The molecule has 2 aromatic rings. The smallest absolute Gasteiger partial charge is 0.270 e. The molecule has 0 N–H and O–H groups in total. The number of halogens is 2. The largest absolute Gasteiger partial charge is 0.303 e. The second-order valence-electron chi connectivity index (χ2n) is 4.07. The lowest BCUT2D eigenvalue weighted by Crippen LogP contribution is -2.16. The van der Waals surface area contributed by atoms with Crippen molar-refractivity contribution in [3.8, 4) is 0 Å². The van der Waals surface area contributed by atoms with Gasteiger partial charge in [0.15, 0.2) is 4.73 Å². The molecule has 0 aliphatic carbocycles. The van der Waals surface area contributed by atoms with Crippen LogP contribution in [0.25, 0.3) is 0 Å². The van der Waals surface area contributed by atoms with Crippen molar-refractivity contribution in [3.63, 3.8) is 0 Å². The molecule has 1 heterocycles. The highest BCUT2D eigenvalue weighted by Gasteiger charge is 2.25. The SMILES string of the molecule is Cc1ccc(S(=O)(=O)n2c(Br)nc(Br)c2CC=O)cc1. The van der Waals surface area contributed by atoms with Crippen LogP contribution in [0.15, 0.2) is 38.5 Å². The standard InChI is InChI=1S/C12H10Br2N2O3S/c1-8-2-4-9(5-3-8)20(18,19)16-10(6-7-17)11(13)15-12(16)14/h2-5,7H,6H2,1H3. The minimum atomic E-state index is -3.80. The van der Waals surface area contributed by atoms with Crippen LogP contribution >= 0.6 is 31.9 Å². The van der Waals surface area contributed by atoms with Crippen molar-refractivity contribution >= 4 is 48.2 Å². The third kappa shape index (κ3) is 2.72. The molecule has 0 bridgehead atoms. The van der Waals surface area contributed by atoms with E-state index in [1.807, 2.05) is 6.92 Å². The first-order valence-electron chi connectivity index (χ1n) is 5.56. The van der Waals surface area contributed by atoms with E-state index in [9.17, 15) is 13.2 Å². The Morgan fingerprint density at radius 3 is 2.40 bits per heavy atom. The first-order valence-corrected chi connectivity index (χ1v) is 8.59. The molecule has 0 unspecified atom stereocenters. The minimum Gasteiger partial charge on any atom is -0.303 e. The molecule has 0 fully saturated rings. The topological polar surface area (TPSA) is 69.0 Å². The molecule has 8 heteroatoms. The summed E-state index contributed by atoms with van der Waals surface area (Å²) in [5, 5.41) is 0. The second kappa shape index (κ2) is 5.79. The van der Waals surface area contributed by atoms with E-state index in [1.54, 1.807) is 12.1 Å². The minimum absolute atomic E-state index is 0.0513. The highest BCUT2D eigenvalue weighted by Crippen LogP contribution is 2.27. The van der Waals surface area contributed by atoms with Crippen molar-refractivity contribution in [1.82, 2.24) is 8.96 Å². The number of rotatable bonds is 4. The summed E-state index contributed by atoms with van der Waals surface area (Å²) in [5.74, 6) is 0. The molecule has 0 saturated heterocycles. The fraction of sp³-hybridized carbons (Fsp3) is 0.167. The third-order valence-corrected chi connectivity index (χ3v) is 5.82. The summed E-state index contributed by atoms with van der Waals surface area (Å²) in [7, 11) is -3.80. The molecule has 106 valence electrons. The van der Waals surface area contributed by atoms with Gasteiger partial charge in [-0.1, -0.05) is 17.7 Å². The van der Waals surface area contributed by atoms with Crippen molar-refractivity contribution in [2.45, 2.75) is 18.2 Å². The van der Waals surface area contributed by atoms with Crippen LogP contribution in [-0.2, 0) is 21.2 Å². The Kier molecular flexibility index (Phi) is 4.46. The van der Waals surface area contributed by atoms with Gasteiger partial charge in [-0.2, -0.15) is 0 Å². The van der Waals surface area contributed by atoms with Crippen molar-refractivity contribution in [2.24, 2.45) is 0 Å². The lowest BCUT2D eigenvalue weighted by Gasteiger charge is -2.10. The fourth-order valence-corrected chi connectivity index (χ4v) is 4.90. The van der Waals surface area contributed by atoms with E-state index in [2.05, 4.69) is 36.8 Å². The predicted octanol–water partition coefficient (Wildman–Crippen LogP) is 2.69. The zero-order chi connectivity index (χ0) is 14.9. The number of imidazole rings is 1. The lowest BCUT2D eigenvalue weighted by molar-refractivity contribution is -0.107. The molecular weight excluding hydrogens is 412 g/mol. The number of carbonyl (C=O) groups is 1. The van der Waals surface area contributed by atoms with Crippen LogP contribution in [0.4, 0.5) is 0 Å². The summed E-state index contributed by atoms with van der Waals surface area (Å²) in [5.41, 5.74) is 1.25. The van der Waals surface area contributed by atoms with Crippen LogP contribution in [-0.4, -0.2) is 23.7 Å². The summed E-state index contributed by atoms with van der Waals surface area (Å²) < 4.78 is 26.7. The lowest BCUT2D eigenvalue weighted by atomic mass is 10.2. The van der Waals surface area contributed by atoms with E-state index >= 15 is 0 Å². The quantitative estimate of drug-likeness (QED) is 0.711. The second-order valence-corrected chi connectivity index (χ2v) is 7.32. The highest BCUT2D eigenvalue weighted by atomic mass is 79.9. The van der Waals surface area contributed by atoms with Crippen LogP contribution in [0.5, 0.6) is 0 Å². The molecular formula is C12H10Br2N2O3S. The van der Waals surface area contributed by atoms with Crippen LogP contribution in [0.3, 0.4) is 0 Å². The van der Waals surface area contributed by atoms with Gasteiger partial charge >= 0.3 is 0 Å². The molecule has 0 saturated carbocycles. The van der Waals surface area contributed by atoms with Crippen LogP contribution in [0.1, 0.15) is 11.3 Å². The van der Waals surface area contributed by atoms with E-state index in [-0.39, 0.29) is 21.7 Å². The van der Waals surface area contributed by atoms with Crippen molar-refractivity contribution < 1.29 is 13.2 Å². The van der Waals surface area contributed by atoms with Crippen molar-refractivity contribution in [2.75, 3.05) is 0 Å². The molecule has 0 spiro atoms. The fourth-order valence-electron chi connectivity index (χ4n) is 1.69. The van der Waals surface area contributed by atoms with Gasteiger partial charge in [0.25, 0.3) is 10.0 Å². The number of aromatic nitrogens is 2. The van der Waals surface area contributed by atoms with Gasteiger partial charge in [0.2, 0.25) is 0 Å². The number of benzene rings is 1. The van der Waals surface area contributed by atoms with Gasteiger partial charge < -0.3 is 4.79 Å². The van der Waals surface area contributed by atoms with E-state index < -0.39 is 10.0 Å². The van der Waals surface area contributed by atoms with Gasteiger partial charge in [0, 0.05) is 6.42 Å². The number of hydrogen-bond donors (Lipinski definition) is 0. The first kappa shape index (κ1) is 15.4. The summed E-state index contributed by atoms with van der Waals surface area (Å²) in [6.45, 7) is 1.87. The number of carbonyl (C=O) groups excluding carboxylic acids is 1. The summed E-state index contributed by atoms with van der Waals surface area (Å²) >= 11 is 6.27. The first-order chi connectivity index (χ1) is 9.37. The molecule has 0 atom stereocenters. The Bertz CT molecular complexity index is 752.